The van der Waals surface area contributed by atoms with E-state index in [-0.39, 0.29) is 21.6 Å². The lowest BCUT2D eigenvalue weighted by Crippen LogP contribution is -2.13. The van der Waals surface area contributed by atoms with Gasteiger partial charge in [-0.1, -0.05) is 28.9 Å². The number of nitrogens with zero attached hydrogens (tertiary/aromatic N) is 4. The summed E-state index contributed by atoms with van der Waals surface area (Å²) in [6, 6.07) is 17.0. The second-order valence-electron chi connectivity index (χ2n) is 7.96. The first kappa shape index (κ1) is 24.5. The van der Waals surface area contributed by atoms with Crippen molar-refractivity contribution in [3.8, 4) is 28.7 Å². The summed E-state index contributed by atoms with van der Waals surface area (Å²) in [6.07, 6.45) is 3.38. The third-order valence-electron chi connectivity index (χ3n) is 5.39. The molecule has 0 unspecified atom stereocenters. The first-order chi connectivity index (χ1) is 17.8. The second kappa shape index (κ2) is 10.0. The van der Waals surface area contributed by atoms with Crippen LogP contribution in [0, 0.1) is 5.82 Å². The number of sulfonamides is 1. The molecule has 0 fully saturated rings. The normalized spacial score (nSPS) is 11.4. The summed E-state index contributed by atoms with van der Waals surface area (Å²) in [7, 11) is -2.37. The maximum atomic E-state index is 13.1. The van der Waals surface area contributed by atoms with Crippen molar-refractivity contribution in [1.82, 2.24) is 19.7 Å². The highest BCUT2D eigenvalue weighted by atomic mass is 35.5. The molecule has 0 atom stereocenters. The van der Waals surface area contributed by atoms with Crippen molar-refractivity contribution in [1.29, 1.82) is 0 Å². The fourth-order valence-corrected chi connectivity index (χ4v) is 4.92. The molecule has 0 saturated carbocycles. The van der Waals surface area contributed by atoms with E-state index in [4.69, 9.17) is 20.9 Å². The minimum atomic E-state index is -3.83. The number of rotatable bonds is 8. The SMILES string of the molecule is COc1ccc(S(=O)(=O)Nc2ccc(Cn3cnc(-c4nc(-c5ccc(F)cc5)no4)c3)cc2)cc1Cl. The van der Waals surface area contributed by atoms with Crippen LogP contribution in [0.1, 0.15) is 5.56 Å². The summed E-state index contributed by atoms with van der Waals surface area (Å²) >= 11 is 6.06. The van der Waals surface area contributed by atoms with Crippen molar-refractivity contribution in [3.05, 3.63) is 95.7 Å². The van der Waals surface area contributed by atoms with Gasteiger partial charge in [-0.15, -0.1) is 0 Å². The summed E-state index contributed by atoms with van der Waals surface area (Å²) in [5, 5.41) is 4.13. The van der Waals surface area contributed by atoms with Crippen molar-refractivity contribution in [2.45, 2.75) is 11.4 Å². The van der Waals surface area contributed by atoms with E-state index >= 15 is 0 Å². The smallest absolute Gasteiger partial charge is 0.278 e. The van der Waals surface area contributed by atoms with Crippen LogP contribution in [0.2, 0.25) is 5.02 Å². The Morgan fingerprint density at radius 2 is 1.84 bits per heavy atom. The molecule has 2 aromatic heterocycles. The Balaban J connectivity index is 1.25. The van der Waals surface area contributed by atoms with Gasteiger partial charge in [-0.2, -0.15) is 4.98 Å². The lowest BCUT2D eigenvalue weighted by Gasteiger charge is -2.10. The standard InChI is InChI=1S/C25H19ClFN5O4S/c1-35-23-11-10-20(12-21(23)26)37(33,34)31-19-8-2-16(3-9-19)13-32-14-22(28-15-32)25-29-24(30-36-25)17-4-6-18(27)7-5-17/h2-12,14-15,31H,13H2,1H3. The van der Waals surface area contributed by atoms with Crippen LogP contribution in [0.3, 0.4) is 0 Å². The molecular weight excluding hydrogens is 521 g/mol. The zero-order valence-electron chi connectivity index (χ0n) is 19.3. The van der Waals surface area contributed by atoms with Gasteiger partial charge in [0.05, 0.1) is 23.4 Å². The molecule has 1 N–H and O–H groups in total. The summed E-state index contributed by atoms with van der Waals surface area (Å²) < 4.78 is 53.3. The lowest BCUT2D eigenvalue weighted by atomic mass is 10.2. The van der Waals surface area contributed by atoms with Gasteiger partial charge in [0, 0.05) is 24.0 Å². The Morgan fingerprint density at radius 3 is 2.54 bits per heavy atom. The number of anilines is 1. The predicted octanol–water partition coefficient (Wildman–Crippen LogP) is 5.25. The van der Waals surface area contributed by atoms with Gasteiger partial charge in [-0.3, -0.25) is 4.72 Å². The summed E-state index contributed by atoms with van der Waals surface area (Å²) in [6.45, 7) is 0.479. The van der Waals surface area contributed by atoms with Crippen LogP contribution < -0.4 is 9.46 Å². The lowest BCUT2D eigenvalue weighted by molar-refractivity contribution is 0.414. The van der Waals surface area contributed by atoms with Gasteiger partial charge in [0.25, 0.3) is 15.9 Å². The third kappa shape index (κ3) is 5.47. The minimum absolute atomic E-state index is 0.0249. The topological polar surface area (TPSA) is 112 Å². The summed E-state index contributed by atoms with van der Waals surface area (Å²) in [5.41, 5.74) is 2.43. The number of hydrogen-bond acceptors (Lipinski definition) is 7. The molecule has 12 heteroatoms. The molecule has 0 amide bonds. The van der Waals surface area contributed by atoms with Crippen molar-refractivity contribution in [2.75, 3.05) is 11.8 Å². The average molecular weight is 540 g/mol. The summed E-state index contributed by atoms with van der Waals surface area (Å²) in [5.74, 6) is 0.611. The van der Waals surface area contributed by atoms with Gasteiger partial charge < -0.3 is 13.8 Å². The molecule has 188 valence electrons. The second-order valence-corrected chi connectivity index (χ2v) is 10.0. The van der Waals surface area contributed by atoms with E-state index in [0.29, 0.717) is 35.1 Å². The van der Waals surface area contributed by atoms with Gasteiger partial charge in [-0.05, 0) is 60.2 Å². The van der Waals surface area contributed by atoms with E-state index in [0.717, 1.165) is 5.56 Å². The predicted molar refractivity (Wildman–Crippen MR) is 135 cm³/mol. The van der Waals surface area contributed by atoms with Crippen molar-refractivity contribution >= 4 is 27.3 Å². The van der Waals surface area contributed by atoms with Crippen LogP contribution in [-0.4, -0.2) is 35.2 Å². The highest BCUT2D eigenvalue weighted by Gasteiger charge is 2.17. The fraction of sp³-hybridized carbons (Fsp3) is 0.0800. The molecule has 5 rings (SSSR count). The largest absolute Gasteiger partial charge is 0.495 e. The Hall–Kier alpha value is -4.22. The summed E-state index contributed by atoms with van der Waals surface area (Å²) in [4.78, 5) is 8.67. The van der Waals surface area contributed by atoms with E-state index in [2.05, 4.69) is 19.8 Å². The number of benzene rings is 3. The highest BCUT2D eigenvalue weighted by molar-refractivity contribution is 7.92. The van der Waals surface area contributed by atoms with Gasteiger partial charge in [0.1, 0.15) is 17.3 Å². The number of hydrogen-bond donors (Lipinski definition) is 1. The number of aromatic nitrogens is 4. The number of methoxy groups -OCH3 is 1. The molecule has 0 spiro atoms. The molecule has 37 heavy (non-hydrogen) atoms. The average Bonchev–Trinajstić information content (AvgIpc) is 3.55. The van der Waals surface area contributed by atoms with E-state index < -0.39 is 10.0 Å². The number of nitrogens with one attached hydrogen (secondary N) is 1. The zero-order valence-corrected chi connectivity index (χ0v) is 20.9. The molecule has 5 aromatic rings. The first-order valence-electron chi connectivity index (χ1n) is 10.9. The number of imidazole rings is 1. The van der Waals surface area contributed by atoms with Crippen molar-refractivity contribution in [2.24, 2.45) is 0 Å². The van der Waals surface area contributed by atoms with E-state index in [9.17, 15) is 12.8 Å². The third-order valence-corrected chi connectivity index (χ3v) is 7.06. The van der Waals surface area contributed by atoms with Crippen molar-refractivity contribution < 1.29 is 22.1 Å². The maximum absolute atomic E-state index is 13.1. The van der Waals surface area contributed by atoms with Crippen molar-refractivity contribution in [3.63, 3.8) is 0 Å². The highest BCUT2D eigenvalue weighted by Crippen LogP contribution is 2.28. The van der Waals surface area contributed by atoms with Gasteiger partial charge >= 0.3 is 0 Å². The number of ether oxygens (including phenoxy) is 1. The van der Waals surface area contributed by atoms with Crippen LogP contribution in [0.5, 0.6) is 5.75 Å². The molecule has 2 heterocycles. The Kier molecular flexibility index (Phi) is 6.64. The fourth-order valence-electron chi connectivity index (χ4n) is 3.52. The molecule has 0 bridgehead atoms. The van der Waals surface area contributed by atoms with Gasteiger partial charge in [0.2, 0.25) is 5.82 Å². The number of halogens is 2. The molecule has 0 aliphatic heterocycles. The van der Waals surface area contributed by atoms with Crippen LogP contribution in [0.25, 0.3) is 23.0 Å². The van der Waals surface area contributed by atoms with Gasteiger partial charge in [0.15, 0.2) is 0 Å². The Bertz CT molecular complexity index is 1650. The van der Waals surface area contributed by atoms with Crippen LogP contribution in [0.15, 0.2) is 88.7 Å². The van der Waals surface area contributed by atoms with E-state index in [1.54, 1.807) is 48.9 Å². The Morgan fingerprint density at radius 1 is 1.08 bits per heavy atom. The minimum Gasteiger partial charge on any atom is -0.495 e. The Labute approximate surface area is 216 Å². The molecular formula is C25H19ClFN5O4S. The molecule has 0 aliphatic rings. The van der Waals surface area contributed by atoms with E-state index in [1.165, 1.54) is 37.4 Å². The van der Waals surface area contributed by atoms with E-state index in [1.807, 2.05) is 4.57 Å². The zero-order chi connectivity index (χ0) is 26.0. The molecule has 0 aliphatic carbocycles. The first-order valence-corrected chi connectivity index (χ1v) is 12.7. The van der Waals surface area contributed by atoms with Crippen LogP contribution in [0.4, 0.5) is 10.1 Å². The maximum Gasteiger partial charge on any atom is 0.278 e. The molecule has 0 saturated heterocycles. The monoisotopic (exact) mass is 539 g/mol. The molecule has 3 aromatic carbocycles. The molecule has 0 radical (unpaired) electrons. The van der Waals surface area contributed by atoms with Crippen LogP contribution >= 0.6 is 11.6 Å². The van der Waals surface area contributed by atoms with Crippen LogP contribution in [-0.2, 0) is 16.6 Å². The molecule has 9 nitrogen and oxygen atoms in total. The quantitative estimate of drug-likeness (QED) is 0.286. The van der Waals surface area contributed by atoms with Gasteiger partial charge in [-0.25, -0.2) is 17.8 Å².